The van der Waals surface area contributed by atoms with Crippen LogP contribution >= 0.6 is 15.9 Å². The summed E-state index contributed by atoms with van der Waals surface area (Å²) in [6.45, 7) is 1.90. The van der Waals surface area contributed by atoms with Crippen LogP contribution in [-0.4, -0.2) is 18.5 Å². The van der Waals surface area contributed by atoms with E-state index in [1.54, 1.807) is 0 Å². The molecule has 0 N–H and O–H groups in total. The largest absolute Gasteiger partial charge is 0.381 e. The van der Waals surface area contributed by atoms with E-state index in [1.807, 2.05) is 0 Å². The molecule has 2 heteroatoms. The second-order valence-corrected chi connectivity index (χ2v) is 4.41. The lowest BCUT2D eigenvalue weighted by molar-refractivity contribution is 0.0940. The van der Waals surface area contributed by atoms with E-state index in [-0.39, 0.29) is 0 Å². The molecule has 0 saturated carbocycles. The van der Waals surface area contributed by atoms with E-state index < -0.39 is 0 Å². The van der Waals surface area contributed by atoms with Gasteiger partial charge in [0, 0.05) is 18.5 Å². The summed E-state index contributed by atoms with van der Waals surface area (Å²) in [5.74, 6) is 0.786. The average molecular weight is 247 g/mol. The first kappa shape index (κ1) is 11.3. The SMILES string of the molecule is BrCCCCOCC1CC=CCC1. The van der Waals surface area contributed by atoms with Crippen molar-refractivity contribution in [3.05, 3.63) is 12.2 Å². The quantitative estimate of drug-likeness (QED) is 0.396. The number of alkyl halides is 1. The fourth-order valence-corrected chi connectivity index (χ4v) is 1.95. The Morgan fingerprint density at radius 3 is 2.92 bits per heavy atom. The normalized spacial score (nSPS) is 22.1. The Balaban J connectivity index is 1.90. The summed E-state index contributed by atoms with van der Waals surface area (Å²) >= 11 is 3.41. The van der Waals surface area contributed by atoms with E-state index in [2.05, 4.69) is 28.1 Å². The molecule has 0 fully saturated rings. The minimum Gasteiger partial charge on any atom is -0.381 e. The molecule has 0 aromatic carbocycles. The van der Waals surface area contributed by atoms with Gasteiger partial charge < -0.3 is 4.74 Å². The average Bonchev–Trinajstić information content (AvgIpc) is 2.19. The van der Waals surface area contributed by atoms with Gasteiger partial charge in [-0.15, -0.1) is 0 Å². The van der Waals surface area contributed by atoms with Crippen LogP contribution in [0, 0.1) is 5.92 Å². The number of rotatable bonds is 6. The number of allylic oxidation sites excluding steroid dienone is 2. The third-order valence-electron chi connectivity index (χ3n) is 2.40. The van der Waals surface area contributed by atoms with Crippen molar-refractivity contribution in [2.45, 2.75) is 32.1 Å². The van der Waals surface area contributed by atoms with Crippen molar-refractivity contribution < 1.29 is 4.74 Å². The predicted molar refractivity (Wildman–Crippen MR) is 60.3 cm³/mol. The maximum atomic E-state index is 5.62. The predicted octanol–water partition coefficient (Wildman–Crippen LogP) is 3.53. The van der Waals surface area contributed by atoms with Crippen LogP contribution in [0.25, 0.3) is 0 Å². The van der Waals surface area contributed by atoms with Crippen LogP contribution in [-0.2, 0) is 4.74 Å². The Hall–Kier alpha value is 0.180. The van der Waals surface area contributed by atoms with Crippen LogP contribution in [0.15, 0.2) is 12.2 Å². The van der Waals surface area contributed by atoms with Crippen LogP contribution in [0.2, 0.25) is 0 Å². The monoisotopic (exact) mass is 246 g/mol. The van der Waals surface area contributed by atoms with E-state index in [9.17, 15) is 0 Å². The zero-order valence-electron chi connectivity index (χ0n) is 8.18. The van der Waals surface area contributed by atoms with Crippen molar-refractivity contribution in [2.75, 3.05) is 18.5 Å². The molecule has 1 aliphatic carbocycles. The number of hydrogen-bond acceptors (Lipinski definition) is 1. The zero-order valence-corrected chi connectivity index (χ0v) is 9.76. The topological polar surface area (TPSA) is 9.23 Å². The Labute approximate surface area is 89.7 Å². The van der Waals surface area contributed by atoms with Gasteiger partial charge in [0.15, 0.2) is 0 Å². The highest BCUT2D eigenvalue weighted by atomic mass is 79.9. The highest BCUT2D eigenvalue weighted by Crippen LogP contribution is 2.18. The molecule has 1 atom stereocenters. The summed E-state index contributed by atoms with van der Waals surface area (Å²) in [6.07, 6.45) is 10.8. The lowest BCUT2D eigenvalue weighted by atomic mass is 9.95. The van der Waals surface area contributed by atoms with Gasteiger partial charge in [0.1, 0.15) is 0 Å². The number of ether oxygens (including phenoxy) is 1. The zero-order chi connectivity index (χ0) is 9.36. The Bertz CT molecular complexity index is 145. The molecule has 13 heavy (non-hydrogen) atoms. The first-order chi connectivity index (χ1) is 6.43. The molecular weight excluding hydrogens is 228 g/mol. The van der Waals surface area contributed by atoms with Gasteiger partial charge in [0.2, 0.25) is 0 Å². The molecule has 0 aromatic rings. The second-order valence-electron chi connectivity index (χ2n) is 3.62. The minimum absolute atomic E-state index is 0.786. The summed E-state index contributed by atoms with van der Waals surface area (Å²) in [5, 5.41) is 1.10. The van der Waals surface area contributed by atoms with Crippen LogP contribution < -0.4 is 0 Å². The molecule has 0 spiro atoms. The summed E-state index contributed by atoms with van der Waals surface area (Å²) in [6, 6.07) is 0. The molecular formula is C11H19BrO. The Morgan fingerprint density at radius 2 is 2.23 bits per heavy atom. The third kappa shape index (κ3) is 5.48. The fourth-order valence-electron chi connectivity index (χ4n) is 1.56. The summed E-state index contributed by atoms with van der Waals surface area (Å²) in [4.78, 5) is 0. The van der Waals surface area contributed by atoms with Gasteiger partial charge >= 0.3 is 0 Å². The van der Waals surface area contributed by atoms with Gasteiger partial charge in [-0.3, -0.25) is 0 Å². The summed E-state index contributed by atoms with van der Waals surface area (Å²) in [7, 11) is 0. The number of unbranched alkanes of at least 4 members (excludes halogenated alkanes) is 1. The van der Waals surface area contributed by atoms with Crippen molar-refractivity contribution in [1.29, 1.82) is 0 Å². The van der Waals surface area contributed by atoms with Gasteiger partial charge in [0.25, 0.3) is 0 Å². The van der Waals surface area contributed by atoms with Crippen LogP contribution in [0.5, 0.6) is 0 Å². The molecule has 1 aliphatic rings. The Kier molecular flexibility index (Phi) is 6.56. The van der Waals surface area contributed by atoms with Crippen molar-refractivity contribution in [1.82, 2.24) is 0 Å². The van der Waals surface area contributed by atoms with Crippen molar-refractivity contribution >= 4 is 15.9 Å². The smallest absolute Gasteiger partial charge is 0.0497 e. The molecule has 0 bridgehead atoms. The molecule has 1 nitrogen and oxygen atoms in total. The summed E-state index contributed by atoms with van der Waals surface area (Å²) in [5.41, 5.74) is 0. The van der Waals surface area contributed by atoms with E-state index in [1.165, 1.54) is 32.1 Å². The Morgan fingerprint density at radius 1 is 1.31 bits per heavy atom. The maximum Gasteiger partial charge on any atom is 0.0497 e. The van der Waals surface area contributed by atoms with Gasteiger partial charge in [-0.05, 0) is 38.0 Å². The maximum absolute atomic E-state index is 5.62. The lowest BCUT2D eigenvalue weighted by Crippen LogP contribution is -2.11. The molecule has 0 aromatic heterocycles. The molecule has 0 amide bonds. The third-order valence-corrected chi connectivity index (χ3v) is 2.96. The number of halogens is 1. The second kappa shape index (κ2) is 7.57. The van der Waals surface area contributed by atoms with Gasteiger partial charge in [0.05, 0.1) is 0 Å². The van der Waals surface area contributed by atoms with Gasteiger partial charge in [-0.1, -0.05) is 28.1 Å². The van der Waals surface area contributed by atoms with E-state index in [0.717, 1.165) is 24.5 Å². The van der Waals surface area contributed by atoms with Gasteiger partial charge in [-0.2, -0.15) is 0 Å². The standard InChI is InChI=1S/C11H19BrO/c12-8-4-5-9-13-10-11-6-2-1-3-7-11/h1-2,11H,3-10H2. The molecule has 0 saturated heterocycles. The molecule has 1 unspecified atom stereocenters. The fraction of sp³-hybridized carbons (Fsp3) is 0.818. The highest BCUT2D eigenvalue weighted by Gasteiger charge is 2.08. The molecule has 0 heterocycles. The minimum atomic E-state index is 0.786. The molecule has 1 rings (SSSR count). The van der Waals surface area contributed by atoms with Crippen LogP contribution in [0.4, 0.5) is 0 Å². The van der Waals surface area contributed by atoms with E-state index in [0.29, 0.717) is 0 Å². The van der Waals surface area contributed by atoms with E-state index >= 15 is 0 Å². The molecule has 0 aliphatic heterocycles. The lowest BCUT2D eigenvalue weighted by Gasteiger charge is -2.17. The molecule has 76 valence electrons. The van der Waals surface area contributed by atoms with Crippen molar-refractivity contribution in [2.24, 2.45) is 5.92 Å². The number of hydrogen-bond donors (Lipinski definition) is 0. The van der Waals surface area contributed by atoms with E-state index in [4.69, 9.17) is 4.74 Å². The van der Waals surface area contributed by atoms with Gasteiger partial charge in [-0.25, -0.2) is 0 Å². The van der Waals surface area contributed by atoms with Crippen LogP contribution in [0.3, 0.4) is 0 Å². The summed E-state index contributed by atoms with van der Waals surface area (Å²) < 4.78 is 5.62. The highest BCUT2D eigenvalue weighted by molar-refractivity contribution is 9.09. The first-order valence-electron chi connectivity index (χ1n) is 5.22. The first-order valence-corrected chi connectivity index (χ1v) is 6.34. The van der Waals surface area contributed by atoms with Crippen molar-refractivity contribution in [3.63, 3.8) is 0 Å². The van der Waals surface area contributed by atoms with Crippen LogP contribution in [0.1, 0.15) is 32.1 Å². The molecule has 0 radical (unpaired) electrons. The van der Waals surface area contributed by atoms with Crippen molar-refractivity contribution in [3.8, 4) is 0 Å².